The number of fused-ring (bicyclic) bond motifs is 2. The summed E-state index contributed by atoms with van der Waals surface area (Å²) in [6, 6.07) is 15.0. The Morgan fingerprint density at radius 2 is 1.79 bits per heavy atom. The molecule has 8 heteroatoms. The number of aromatic nitrogens is 3. The van der Waals surface area contributed by atoms with Gasteiger partial charge in [-0.15, -0.1) is 0 Å². The number of aromatic amines is 1. The fraction of sp³-hybridized carbons (Fsp3) is 0.100. The van der Waals surface area contributed by atoms with Crippen LogP contribution < -0.4 is 10.6 Å². The number of carbonyl (C=O) groups is 2. The Morgan fingerprint density at radius 3 is 2.57 bits per heavy atom. The third-order valence-electron chi connectivity index (χ3n) is 4.33. The highest BCUT2D eigenvalue weighted by Crippen LogP contribution is 2.16. The van der Waals surface area contributed by atoms with Gasteiger partial charge in [0, 0.05) is 11.6 Å². The molecule has 0 radical (unpaired) electrons. The second-order valence-electron chi connectivity index (χ2n) is 6.18. The average molecular weight is 375 g/mol. The van der Waals surface area contributed by atoms with Gasteiger partial charge in [-0.3, -0.25) is 19.9 Å². The zero-order valence-electron chi connectivity index (χ0n) is 14.7. The van der Waals surface area contributed by atoms with E-state index < -0.39 is 24.5 Å². The normalized spacial score (nSPS) is 12.0. The summed E-state index contributed by atoms with van der Waals surface area (Å²) >= 11 is 0. The lowest BCUT2D eigenvalue weighted by atomic mass is 10.1. The van der Waals surface area contributed by atoms with Crippen LogP contribution in [0, 0.1) is 0 Å². The number of nitrogens with one attached hydrogen (secondary N) is 3. The molecule has 140 valence electrons. The third kappa shape index (κ3) is 3.40. The predicted octanol–water partition coefficient (Wildman–Crippen LogP) is 1.84. The van der Waals surface area contributed by atoms with Crippen molar-refractivity contribution in [2.75, 3.05) is 11.9 Å². The van der Waals surface area contributed by atoms with E-state index in [1.165, 1.54) is 6.20 Å². The maximum absolute atomic E-state index is 12.7. The minimum Gasteiger partial charge on any atom is -0.394 e. The Bertz CT molecular complexity index is 1130. The van der Waals surface area contributed by atoms with Gasteiger partial charge in [0.15, 0.2) is 0 Å². The number of hydrogen-bond acceptors (Lipinski definition) is 5. The van der Waals surface area contributed by atoms with Crippen molar-refractivity contribution >= 4 is 39.7 Å². The Morgan fingerprint density at radius 1 is 1.04 bits per heavy atom. The smallest absolute Gasteiger partial charge is 0.252 e. The van der Waals surface area contributed by atoms with E-state index in [0.717, 1.165) is 5.52 Å². The summed E-state index contributed by atoms with van der Waals surface area (Å²) in [5.41, 5.74) is 2.51. The molecule has 0 bridgehead atoms. The molecule has 2 amide bonds. The van der Waals surface area contributed by atoms with E-state index in [-0.39, 0.29) is 5.95 Å². The molecule has 2 aromatic carbocycles. The first kappa shape index (κ1) is 17.6. The molecular formula is C20H17N5O3. The van der Waals surface area contributed by atoms with E-state index in [9.17, 15) is 14.7 Å². The van der Waals surface area contributed by atoms with Crippen molar-refractivity contribution in [2.24, 2.45) is 0 Å². The molecule has 4 rings (SSSR count). The molecule has 28 heavy (non-hydrogen) atoms. The number of nitrogens with zero attached hydrogens (tertiary/aromatic N) is 2. The van der Waals surface area contributed by atoms with Gasteiger partial charge in [0.05, 0.1) is 28.7 Å². The number of carbonyl (C=O) groups excluding carboxylic acids is 2. The van der Waals surface area contributed by atoms with E-state index in [1.807, 2.05) is 24.3 Å². The summed E-state index contributed by atoms with van der Waals surface area (Å²) < 4.78 is 0. The monoisotopic (exact) mass is 375 g/mol. The van der Waals surface area contributed by atoms with Gasteiger partial charge >= 0.3 is 0 Å². The number of imidazole rings is 1. The van der Waals surface area contributed by atoms with Gasteiger partial charge in [-0.1, -0.05) is 30.3 Å². The average Bonchev–Trinajstić information content (AvgIpc) is 3.13. The highest BCUT2D eigenvalue weighted by atomic mass is 16.3. The van der Waals surface area contributed by atoms with Crippen LogP contribution in [0.1, 0.15) is 10.4 Å². The van der Waals surface area contributed by atoms with Crippen LogP contribution in [0.2, 0.25) is 0 Å². The van der Waals surface area contributed by atoms with Crippen molar-refractivity contribution < 1.29 is 14.7 Å². The number of benzene rings is 2. The van der Waals surface area contributed by atoms with E-state index in [1.54, 1.807) is 30.3 Å². The first-order valence-corrected chi connectivity index (χ1v) is 8.67. The number of H-pyrrole nitrogens is 1. The lowest BCUT2D eigenvalue weighted by Crippen LogP contribution is -2.46. The van der Waals surface area contributed by atoms with Crippen molar-refractivity contribution in [2.45, 2.75) is 6.04 Å². The minimum absolute atomic E-state index is 0.244. The molecule has 0 saturated carbocycles. The molecule has 4 N–H and O–H groups in total. The summed E-state index contributed by atoms with van der Waals surface area (Å²) in [4.78, 5) is 36.6. The van der Waals surface area contributed by atoms with Crippen molar-refractivity contribution in [1.82, 2.24) is 20.3 Å². The molecule has 0 fully saturated rings. The fourth-order valence-corrected chi connectivity index (χ4v) is 2.94. The summed E-state index contributed by atoms with van der Waals surface area (Å²) in [6.45, 7) is -0.555. The zero-order chi connectivity index (χ0) is 19.5. The first-order valence-electron chi connectivity index (χ1n) is 8.67. The summed E-state index contributed by atoms with van der Waals surface area (Å²) in [7, 11) is 0. The van der Waals surface area contributed by atoms with Gasteiger partial charge in [-0.05, 0) is 24.3 Å². The van der Waals surface area contributed by atoms with Crippen molar-refractivity contribution in [3.63, 3.8) is 0 Å². The van der Waals surface area contributed by atoms with E-state index in [2.05, 4.69) is 25.6 Å². The number of amides is 2. The lowest BCUT2D eigenvalue weighted by Gasteiger charge is -2.16. The Balaban J connectivity index is 1.51. The lowest BCUT2D eigenvalue weighted by molar-refractivity contribution is -0.118. The molecule has 0 saturated heterocycles. The van der Waals surface area contributed by atoms with Gasteiger partial charge in [0.1, 0.15) is 6.04 Å². The van der Waals surface area contributed by atoms with Crippen LogP contribution >= 0.6 is 0 Å². The highest BCUT2D eigenvalue weighted by Gasteiger charge is 2.22. The SMILES string of the molecule is O=C(NC(CO)C(=O)Nc1nc2ccccc2[nH]1)c1ccnc2ccccc12. The second kappa shape index (κ2) is 7.45. The van der Waals surface area contributed by atoms with Gasteiger partial charge in [-0.25, -0.2) is 4.98 Å². The molecule has 1 atom stereocenters. The van der Waals surface area contributed by atoms with Gasteiger partial charge < -0.3 is 15.4 Å². The summed E-state index contributed by atoms with van der Waals surface area (Å²) in [5, 5.41) is 15.4. The molecule has 4 aromatic rings. The van der Waals surface area contributed by atoms with E-state index in [4.69, 9.17) is 0 Å². The molecule has 0 aliphatic carbocycles. The van der Waals surface area contributed by atoms with Gasteiger partial charge in [0.25, 0.3) is 11.8 Å². The highest BCUT2D eigenvalue weighted by molar-refractivity contribution is 6.08. The van der Waals surface area contributed by atoms with Crippen LogP contribution in [0.4, 0.5) is 5.95 Å². The van der Waals surface area contributed by atoms with E-state index >= 15 is 0 Å². The van der Waals surface area contributed by atoms with Crippen LogP contribution in [0.25, 0.3) is 21.9 Å². The maximum Gasteiger partial charge on any atom is 0.252 e. The molecule has 1 unspecified atom stereocenters. The Kier molecular flexibility index (Phi) is 4.69. The molecule has 0 spiro atoms. The van der Waals surface area contributed by atoms with Crippen LogP contribution in [-0.2, 0) is 4.79 Å². The number of hydrogen-bond donors (Lipinski definition) is 4. The predicted molar refractivity (Wildman–Crippen MR) is 105 cm³/mol. The van der Waals surface area contributed by atoms with Crippen molar-refractivity contribution in [3.8, 4) is 0 Å². The van der Waals surface area contributed by atoms with Crippen LogP contribution in [-0.4, -0.2) is 44.5 Å². The quantitative estimate of drug-likeness (QED) is 0.424. The number of pyridine rings is 1. The third-order valence-corrected chi connectivity index (χ3v) is 4.33. The van der Waals surface area contributed by atoms with Crippen LogP contribution in [0.15, 0.2) is 60.8 Å². The maximum atomic E-state index is 12.7. The minimum atomic E-state index is -1.13. The Hall–Kier alpha value is -3.78. The molecule has 0 aliphatic rings. The number of anilines is 1. The van der Waals surface area contributed by atoms with Crippen LogP contribution in [0.3, 0.4) is 0 Å². The van der Waals surface area contributed by atoms with E-state index in [0.29, 0.717) is 22.0 Å². The van der Waals surface area contributed by atoms with Crippen molar-refractivity contribution in [3.05, 3.63) is 66.4 Å². The number of aliphatic hydroxyl groups is 1. The summed E-state index contributed by atoms with van der Waals surface area (Å²) in [6.07, 6.45) is 1.53. The summed E-state index contributed by atoms with van der Waals surface area (Å²) in [5.74, 6) is -0.807. The fourth-order valence-electron chi connectivity index (χ4n) is 2.94. The first-order chi connectivity index (χ1) is 13.7. The molecular weight excluding hydrogens is 358 g/mol. The number of para-hydroxylation sites is 3. The Labute approximate surface area is 159 Å². The van der Waals surface area contributed by atoms with Gasteiger partial charge in [0.2, 0.25) is 5.95 Å². The largest absolute Gasteiger partial charge is 0.394 e. The number of aliphatic hydroxyl groups excluding tert-OH is 1. The van der Waals surface area contributed by atoms with Crippen molar-refractivity contribution in [1.29, 1.82) is 0 Å². The standard InChI is InChI=1S/C20H17N5O3/c26-11-17(19(28)25-20-23-15-7-3-4-8-16(15)24-20)22-18(27)13-9-10-21-14-6-2-1-5-12(13)14/h1-10,17,26H,11H2,(H,22,27)(H2,23,24,25,28). The number of rotatable bonds is 5. The second-order valence-corrected chi connectivity index (χ2v) is 6.18. The molecule has 0 aliphatic heterocycles. The molecule has 2 heterocycles. The zero-order valence-corrected chi connectivity index (χ0v) is 14.7. The topological polar surface area (TPSA) is 120 Å². The van der Waals surface area contributed by atoms with Crippen LogP contribution in [0.5, 0.6) is 0 Å². The van der Waals surface area contributed by atoms with Gasteiger partial charge in [-0.2, -0.15) is 0 Å². The molecule has 8 nitrogen and oxygen atoms in total. The molecule has 2 aromatic heterocycles.